The van der Waals surface area contributed by atoms with Gasteiger partial charge in [0.25, 0.3) is 0 Å². The molecule has 5 nitrogen and oxygen atoms in total. The summed E-state index contributed by atoms with van der Waals surface area (Å²) in [5.74, 6) is -0.332. The quantitative estimate of drug-likeness (QED) is 0.838. The van der Waals surface area contributed by atoms with Crippen molar-refractivity contribution in [2.75, 3.05) is 0 Å². The lowest BCUT2D eigenvalue weighted by atomic mass is 9.98. The lowest BCUT2D eigenvalue weighted by Gasteiger charge is -2.25. The first-order chi connectivity index (χ1) is 8.05. The fraction of sp³-hybridized carbons (Fsp3) is 0.455. The van der Waals surface area contributed by atoms with Crippen LogP contribution in [0.4, 0.5) is 0 Å². The van der Waals surface area contributed by atoms with E-state index in [1.54, 1.807) is 11.3 Å². The van der Waals surface area contributed by atoms with Gasteiger partial charge in [-0.1, -0.05) is 6.92 Å². The van der Waals surface area contributed by atoms with Crippen LogP contribution < -0.4 is 11.1 Å². The van der Waals surface area contributed by atoms with Crippen molar-refractivity contribution in [2.24, 2.45) is 5.73 Å². The van der Waals surface area contributed by atoms with Gasteiger partial charge >= 0.3 is 0 Å². The molecule has 0 spiro atoms. The monoisotopic (exact) mass is 252 g/mol. The highest BCUT2D eigenvalue weighted by Crippen LogP contribution is 2.13. The van der Waals surface area contributed by atoms with Crippen molar-refractivity contribution in [3.8, 4) is 0 Å². The molecule has 0 bridgehead atoms. The van der Waals surface area contributed by atoms with E-state index in [0.29, 0.717) is 13.0 Å². The molecule has 2 rings (SSSR count). The minimum absolute atomic E-state index is 0.332. The molecule has 0 aliphatic rings. The Balaban J connectivity index is 2.07. The maximum absolute atomic E-state index is 11.3. The van der Waals surface area contributed by atoms with E-state index in [2.05, 4.69) is 10.3 Å². The number of carbonyl (C=O) groups excluding carboxylic acids is 1. The van der Waals surface area contributed by atoms with E-state index in [-0.39, 0.29) is 5.91 Å². The molecular formula is C11H16N4OS. The summed E-state index contributed by atoms with van der Waals surface area (Å²) in [6.45, 7) is 4.29. The van der Waals surface area contributed by atoms with Gasteiger partial charge in [-0.05, 0) is 13.3 Å². The highest BCUT2D eigenvalue weighted by molar-refractivity contribution is 7.15. The Bertz CT molecular complexity index is 504. The zero-order chi connectivity index (χ0) is 12.5. The van der Waals surface area contributed by atoms with E-state index in [0.717, 1.165) is 10.7 Å². The maximum Gasteiger partial charge on any atom is 0.237 e. The molecule has 2 aromatic heterocycles. The third-order valence-corrected chi connectivity index (χ3v) is 3.82. The molecule has 0 saturated heterocycles. The lowest BCUT2D eigenvalue weighted by Crippen LogP contribution is -2.52. The van der Waals surface area contributed by atoms with Crippen LogP contribution in [0.1, 0.15) is 26.0 Å². The Kier molecular flexibility index (Phi) is 3.17. The van der Waals surface area contributed by atoms with Crippen molar-refractivity contribution in [3.05, 3.63) is 23.5 Å². The Morgan fingerprint density at radius 3 is 3.06 bits per heavy atom. The van der Waals surface area contributed by atoms with Crippen LogP contribution in [0.2, 0.25) is 0 Å². The lowest BCUT2D eigenvalue weighted by molar-refractivity contribution is -0.124. The number of hydrogen-bond donors (Lipinski definition) is 2. The van der Waals surface area contributed by atoms with Crippen LogP contribution in [0, 0.1) is 0 Å². The fourth-order valence-corrected chi connectivity index (χ4v) is 2.25. The van der Waals surface area contributed by atoms with Crippen molar-refractivity contribution in [2.45, 2.75) is 32.4 Å². The molecule has 1 unspecified atom stereocenters. The van der Waals surface area contributed by atoms with Gasteiger partial charge in [0.05, 0.1) is 11.2 Å². The first kappa shape index (κ1) is 12.1. The molecule has 1 amide bonds. The van der Waals surface area contributed by atoms with E-state index < -0.39 is 5.54 Å². The molecule has 2 aromatic rings. The van der Waals surface area contributed by atoms with Crippen molar-refractivity contribution >= 4 is 22.2 Å². The molecule has 6 heteroatoms. The summed E-state index contributed by atoms with van der Waals surface area (Å²) in [6.07, 6.45) is 4.57. The standard InChI is InChI=1S/C11H16N4OS/c1-3-11(2,9(12)16)13-6-8-7-15-4-5-17-10(15)14-8/h4-5,7,13H,3,6H2,1-2H3,(H2,12,16). The summed E-state index contributed by atoms with van der Waals surface area (Å²) in [4.78, 5) is 16.7. The normalized spacial score (nSPS) is 14.9. The van der Waals surface area contributed by atoms with Gasteiger partial charge in [0.15, 0.2) is 4.96 Å². The zero-order valence-corrected chi connectivity index (χ0v) is 10.8. The molecule has 17 heavy (non-hydrogen) atoms. The first-order valence-electron chi connectivity index (χ1n) is 5.51. The molecule has 0 aliphatic carbocycles. The molecule has 0 aliphatic heterocycles. The summed E-state index contributed by atoms with van der Waals surface area (Å²) >= 11 is 1.59. The van der Waals surface area contributed by atoms with Crippen LogP contribution in [-0.4, -0.2) is 20.8 Å². The van der Waals surface area contributed by atoms with Gasteiger partial charge in [-0.2, -0.15) is 0 Å². The second kappa shape index (κ2) is 4.46. The molecule has 0 radical (unpaired) electrons. The number of nitrogens with two attached hydrogens (primary N) is 1. The Labute approximate surface area is 104 Å². The van der Waals surface area contributed by atoms with Gasteiger partial charge in [-0.15, -0.1) is 11.3 Å². The van der Waals surface area contributed by atoms with Crippen LogP contribution in [0.15, 0.2) is 17.8 Å². The maximum atomic E-state index is 11.3. The SMILES string of the molecule is CCC(C)(NCc1cn2ccsc2n1)C(N)=O. The predicted molar refractivity (Wildman–Crippen MR) is 67.8 cm³/mol. The number of imidazole rings is 1. The molecule has 0 fully saturated rings. The van der Waals surface area contributed by atoms with Crippen molar-refractivity contribution in [1.29, 1.82) is 0 Å². The molecule has 1 atom stereocenters. The molecule has 0 saturated carbocycles. The first-order valence-corrected chi connectivity index (χ1v) is 6.39. The number of amides is 1. The number of carbonyl (C=O) groups is 1. The Morgan fingerprint density at radius 2 is 2.47 bits per heavy atom. The summed E-state index contributed by atoms with van der Waals surface area (Å²) in [7, 11) is 0. The highest BCUT2D eigenvalue weighted by Gasteiger charge is 2.28. The number of aromatic nitrogens is 2. The number of nitrogens with zero attached hydrogens (tertiary/aromatic N) is 2. The molecule has 2 heterocycles. The fourth-order valence-electron chi connectivity index (χ4n) is 1.53. The van der Waals surface area contributed by atoms with E-state index in [9.17, 15) is 4.79 Å². The summed E-state index contributed by atoms with van der Waals surface area (Å²) in [5.41, 5.74) is 5.62. The van der Waals surface area contributed by atoms with Crippen LogP contribution >= 0.6 is 11.3 Å². The van der Waals surface area contributed by atoms with Crippen LogP contribution in [-0.2, 0) is 11.3 Å². The molecule has 0 aromatic carbocycles. The smallest absolute Gasteiger partial charge is 0.237 e. The van der Waals surface area contributed by atoms with E-state index in [1.165, 1.54) is 0 Å². The number of fused-ring (bicyclic) bond motifs is 1. The average molecular weight is 252 g/mol. The number of thiazole rings is 1. The minimum Gasteiger partial charge on any atom is -0.368 e. The molecule has 92 valence electrons. The van der Waals surface area contributed by atoms with E-state index >= 15 is 0 Å². The molecule has 3 N–H and O–H groups in total. The van der Waals surface area contributed by atoms with E-state index in [1.807, 2.05) is 36.0 Å². The van der Waals surface area contributed by atoms with Crippen LogP contribution in [0.5, 0.6) is 0 Å². The minimum atomic E-state index is -0.670. The average Bonchev–Trinajstić information content (AvgIpc) is 2.85. The Morgan fingerprint density at radius 1 is 1.71 bits per heavy atom. The largest absolute Gasteiger partial charge is 0.368 e. The zero-order valence-electron chi connectivity index (χ0n) is 9.93. The Hall–Kier alpha value is -1.40. The van der Waals surface area contributed by atoms with Crippen LogP contribution in [0.25, 0.3) is 4.96 Å². The van der Waals surface area contributed by atoms with Gasteiger partial charge in [0, 0.05) is 24.3 Å². The van der Waals surface area contributed by atoms with Crippen molar-refractivity contribution in [1.82, 2.24) is 14.7 Å². The number of nitrogens with one attached hydrogen (secondary N) is 1. The van der Waals surface area contributed by atoms with Gasteiger partial charge in [-0.3, -0.25) is 14.5 Å². The second-order valence-corrected chi connectivity index (χ2v) is 5.10. The van der Waals surface area contributed by atoms with Gasteiger partial charge in [0.2, 0.25) is 5.91 Å². The van der Waals surface area contributed by atoms with Crippen molar-refractivity contribution < 1.29 is 4.79 Å². The predicted octanol–water partition coefficient (Wildman–Crippen LogP) is 1.14. The summed E-state index contributed by atoms with van der Waals surface area (Å²) < 4.78 is 1.97. The summed E-state index contributed by atoms with van der Waals surface area (Å²) in [6, 6.07) is 0. The summed E-state index contributed by atoms with van der Waals surface area (Å²) in [5, 5.41) is 5.15. The molecular weight excluding hydrogens is 236 g/mol. The number of rotatable bonds is 5. The van der Waals surface area contributed by atoms with Gasteiger partial charge in [-0.25, -0.2) is 4.98 Å². The third kappa shape index (κ3) is 2.32. The van der Waals surface area contributed by atoms with Crippen molar-refractivity contribution in [3.63, 3.8) is 0 Å². The number of hydrogen-bond acceptors (Lipinski definition) is 4. The van der Waals surface area contributed by atoms with E-state index in [4.69, 9.17) is 5.73 Å². The topological polar surface area (TPSA) is 72.4 Å². The van der Waals surface area contributed by atoms with Crippen LogP contribution in [0.3, 0.4) is 0 Å². The van der Waals surface area contributed by atoms with Gasteiger partial charge in [0.1, 0.15) is 0 Å². The second-order valence-electron chi connectivity index (χ2n) is 4.23. The number of primary amides is 1. The third-order valence-electron chi connectivity index (χ3n) is 3.05. The highest BCUT2D eigenvalue weighted by atomic mass is 32.1. The van der Waals surface area contributed by atoms with Gasteiger partial charge < -0.3 is 5.73 Å².